The Morgan fingerprint density at radius 1 is 1.00 bits per heavy atom. The highest BCUT2D eigenvalue weighted by Crippen LogP contribution is 2.16. The number of rotatable bonds is 1. The first-order valence-electron chi connectivity index (χ1n) is 6.10. The molecule has 0 aromatic heterocycles. The van der Waals surface area contributed by atoms with Gasteiger partial charge >= 0.3 is 0 Å². The minimum absolute atomic E-state index is 0.249. The molecule has 18 heavy (non-hydrogen) atoms. The molecule has 1 rings (SSSR count). The van der Waals surface area contributed by atoms with E-state index >= 15 is 0 Å². The molecule has 0 spiro atoms. The van der Waals surface area contributed by atoms with Crippen LogP contribution in [0.1, 0.15) is 41.5 Å². The summed E-state index contributed by atoms with van der Waals surface area (Å²) in [5.74, 6) is 0.249. The van der Waals surface area contributed by atoms with E-state index in [-0.39, 0.29) is 5.75 Å². The summed E-state index contributed by atoms with van der Waals surface area (Å²) in [6, 6.07) is 6.40. The Morgan fingerprint density at radius 3 is 1.44 bits per heavy atom. The molecule has 4 heteroatoms. The van der Waals surface area contributed by atoms with Crippen molar-refractivity contribution >= 4 is 13.3 Å². The fourth-order valence-electron chi connectivity index (χ4n) is 0.474. The van der Waals surface area contributed by atoms with E-state index in [2.05, 4.69) is 0 Å². The third-order valence-corrected chi connectivity index (χ3v) is 2.47. The van der Waals surface area contributed by atoms with Crippen molar-refractivity contribution < 1.29 is 10.2 Å². The van der Waals surface area contributed by atoms with Crippen molar-refractivity contribution in [2.24, 2.45) is 5.73 Å². The molecule has 0 bridgehead atoms. The van der Waals surface area contributed by atoms with Crippen LogP contribution in [0.4, 0.5) is 0 Å². The number of aliphatic hydroxyl groups is 1. The van der Waals surface area contributed by atoms with Gasteiger partial charge in [0.25, 0.3) is 0 Å². The largest absolute Gasteiger partial charge is 0.508 e. The van der Waals surface area contributed by atoms with Crippen LogP contribution < -0.4 is 11.2 Å². The Bertz CT molecular complexity index is 277. The van der Waals surface area contributed by atoms with E-state index in [1.54, 1.807) is 52.0 Å². The van der Waals surface area contributed by atoms with E-state index < -0.39 is 11.1 Å². The van der Waals surface area contributed by atoms with Crippen LogP contribution in [-0.2, 0) is 0 Å². The zero-order valence-corrected chi connectivity index (χ0v) is 12.4. The van der Waals surface area contributed by atoms with Gasteiger partial charge in [-0.2, -0.15) is 0 Å². The van der Waals surface area contributed by atoms with Crippen LogP contribution in [0.25, 0.3) is 0 Å². The van der Waals surface area contributed by atoms with Crippen molar-refractivity contribution in [3.05, 3.63) is 24.3 Å². The van der Waals surface area contributed by atoms with Gasteiger partial charge in [0.05, 0.1) is 5.60 Å². The van der Waals surface area contributed by atoms with Crippen LogP contribution in [0.2, 0.25) is 0 Å². The molecule has 1 aromatic rings. The van der Waals surface area contributed by atoms with Gasteiger partial charge in [-0.3, -0.25) is 0 Å². The monoisotopic (exact) mass is 251 g/mol. The Morgan fingerprint density at radius 2 is 1.28 bits per heavy atom. The molecule has 2 radical (unpaired) electrons. The molecule has 0 saturated carbocycles. The van der Waals surface area contributed by atoms with Gasteiger partial charge in [-0.25, -0.2) is 0 Å². The van der Waals surface area contributed by atoms with Crippen molar-refractivity contribution in [3.8, 4) is 5.75 Å². The summed E-state index contributed by atoms with van der Waals surface area (Å²) in [6.45, 7) is 11.0. The first-order chi connectivity index (χ1) is 8.04. The molecule has 4 N–H and O–H groups in total. The van der Waals surface area contributed by atoms with Crippen molar-refractivity contribution in [1.82, 2.24) is 0 Å². The minimum atomic E-state index is -0.785. The van der Waals surface area contributed by atoms with E-state index in [1.165, 1.54) is 0 Å². The summed E-state index contributed by atoms with van der Waals surface area (Å²) in [4.78, 5) is 0. The topological polar surface area (TPSA) is 66.5 Å². The van der Waals surface area contributed by atoms with Gasteiger partial charge in [0.2, 0.25) is 0 Å². The Hall–Kier alpha value is -0.995. The molecule has 0 atom stereocenters. The molecule has 3 nitrogen and oxygen atoms in total. The van der Waals surface area contributed by atoms with E-state index in [9.17, 15) is 5.11 Å². The Balaban J connectivity index is 0. The summed E-state index contributed by atoms with van der Waals surface area (Å²) < 4.78 is 0. The van der Waals surface area contributed by atoms with Crippen molar-refractivity contribution in [3.63, 3.8) is 0 Å². The van der Waals surface area contributed by atoms with Crippen LogP contribution in [0.3, 0.4) is 0 Å². The molecule has 0 unspecified atom stereocenters. The molecule has 0 aliphatic carbocycles. The Labute approximate surface area is 112 Å². The minimum Gasteiger partial charge on any atom is -0.508 e. The fourth-order valence-corrected chi connectivity index (χ4v) is 0.474. The molecule has 0 saturated heterocycles. The summed E-state index contributed by atoms with van der Waals surface area (Å²) in [7, 11) is 5.32. The van der Waals surface area contributed by atoms with Crippen LogP contribution >= 0.6 is 0 Å². The highest BCUT2D eigenvalue weighted by molar-refractivity contribution is 6.32. The maximum absolute atomic E-state index is 9.23. The predicted octanol–water partition coefficient (Wildman–Crippen LogP) is 1.71. The SMILES string of the molecule is CC.CC(C)(N)C(C)(C)O.[B]c1ccc(O)cc1. The lowest BCUT2D eigenvalue weighted by Gasteiger charge is -2.32. The molecule has 0 aliphatic rings. The molecule has 0 fully saturated rings. The number of hydrogen-bond donors (Lipinski definition) is 3. The third kappa shape index (κ3) is 9.08. The smallest absolute Gasteiger partial charge is 0.115 e. The average Bonchev–Trinajstić information content (AvgIpc) is 2.23. The first kappa shape index (κ1) is 19.3. The summed E-state index contributed by atoms with van der Waals surface area (Å²) in [5, 5.41) is 17.9. The lowest BCUT2D eigenvalue weighted by atomic mass is 9.87. The van der Waals surface area contributed by atoms with Crippen LogP contribution in [0.15, 0.2) is 24.3 Å². The van der Waals surface area contributed by atoms with E-state index in [0.29, 0.717) is 5.46 Å². The fraction of sp³-hybridized carbons (Fsp3) is 0.571. The van der Waals surface area contributed by atoms with Gasteiger partial charge in [0.1, 0.15) is 13.6 Å². The first-order valence-corrected chi connectivity index (χ1v) is 6.10. The number of phenols is 1. The molecular formula is C14H26BNO2. The second-order valence-corrected chi connectivity index (χ2v) is 4.87. The quantitative estimate of drug-likeness (QED) is 0.665. The van der Waals surface area contributed by atoms with E-state index in [4.69, 9.17) is 18.7 Å². The third-order valence-electron chi connectivity index (χ3n) is 2.47. The van der Waals surface area contributed by atoms with Gasteiger partial charge in [0.15, 0.2) is 0 Å². The zero-order valence-electron chi connectivity index (χ0n) is 12.4. The molecule has 102 valence electrons. The summed E-state index contributed by atoms with van der Waals surface area (Å²) in [6.07, 6.45) is 0. The van der Waals surface area contributed by atoms with Crippen LogP contribution in [-0.4, -0.2) is 29.2 Å². The number of hydrogen-bond acceptors (Lipinski definition) is 3. The highest BCUT2D eigenvalue weighted by Gasteiger charge is 2.30. The molecule has 0 aliphatic heterocycles. The number of aromatic hydroxyl groups is 1. The molecule has 0 heterocycles. The summed E-state index contributed by atoms with van der Waals surface area (Å²) in [5.41, 5.74) is 4.94. The summed E-state index contributed by atoms with van der Waals surface area (Å²) >= 11 is 0. The second kappa shape index (κ2) is 8.17. The maximum Gasteiger partial charge on any atom is 0.115 e. The van der Waals surface area contributed by atoms with Gasteiger partial charge in [-0.05, 0) is 39.8 Å². The molecular weight excluding hydrogens is 225 g/mol. The van der Waals surface area contributed by atoms with Crippen molar-refractivity contribution in [1.29, 1.82) is 0 Å². The van der Waals surface area contributed by atoms with Crippen molar-refractivity contribution in [2.45, 2.75) is 52.7 Å². The van der Waals surface area contributed by atoms with Crippen molar-refractivity contribution in [2.75, 3.05) is 0 Å². The molecule has 1 aromatic carbocycles. The van der Waals surface area contributed by atoms with E-state index in [0.717, 1.165) is 0 Å². The van der Waals surface area contributed by atoms with Gasteiger partial charge in [0, 0.05) is 5.54 Å². The van der Waals surface area contributed by atoms with E-state index in [1.807, 2.05) is 13.8 Å². The second-order valence-electron chi connectivity index (χ2n) is 4.87. The van der Waals surface area contributed by atoms with Crippen LogP contribution in [0.5, 0.6) is 5.75 Å². The lowest BCUT2D eigenvalue weighted by Crippen LogP contribution is -2.52. The Kier molecular flexibility index (Phi) is 8.78. The number of nitrogens with two attached hydrogens (primary N) is 1. The lowest BCUT2D eigenvalue weighted by molar-refractivity contribution is 0.0144. The average molecular weight is 251 g/mol. The predicted molar refractivity (Wildman–Crippen MR) is 79.4 cm³/mol. The zero-order chi connectivity index (χ0) is 15.0. The maximum atomic E-state index is 9.23. The number of phenolic OH excluding ortho intramolecular Hbond substituents is 1. The van der Waals surface area contributed by atoms with Gasteiger partial charge in [-0.1, -0.05) is 31.4 Å². The highest BCUT2D eigenvalue weighted by atomic mass is 16.3. The standard InChI is InChI=1S/C6H5BO.C6H15NO.C2H6/c7-5-1-3-6(8)4-2-5;1-5(2,7)6(3,4)8;1-2/h1-4,8H;8H,7H2,1-4H3;1-2H3. The van der Waals surface area contributed by atoms with Gasteiger partial charge < -0.3 is 15.9 Å². The number of benzene rings is 1. The normalized spacial score (nSPS) is 10.7. The molecule has 0 amide bonds. The van der Waals surface area contributed by atoms with Gasteiger partial charge in [-0.15, -0.1) is 0 Å². The van der Waals surface area contributed by atoms with Crippen LogP contribution in [0, 0.1) is 0 Å².